The molecule has 0 aliphatic carbocycles. The molecular formula is C26H24ClN3O2. The lowest BCUT2D eigenvalue weighted by molar-refractivity contribution is -0.135. The van der Waals surface area contributed by atoms with Gasteiger partial charge in [-0.1, -0.05) is 29.8 Å². The predicted molar refractivity (Wildman–Crippen MR) is 127 cm³/mol. The number of carbonyl (C=O) groups excluding carboxylic acids is 1. The summed E-state index contributed by atoms with van der Waals surface area (Å²) in [6.45, 7) is 4.09. The lowest BCUT2D eigenvalue weighted by Crippen LogP contribution is -2.50. The number of benzene rings is 2. The number of likely N-dealkylation sites (tertiary alicyclic amines) is 1. The summed E-state index contributed by atoms with van der Waals surface area (Å²) in [5.41, 5.74) is 4.20. The Morgan fingerprint density at radius 1 is 1.03 bits per heavy atom. The predicted octanol–water partition coefficient (Wildman–Crippen LogP) is 4.89. The van der Waals surface area contributed by atoms with Gasteiger partial charge in [-0.25, -0.2) is 0 Å². The molecule has 0 unspecified atom stereocenters. The number of piperidine rings is 1. The number of aromatic nitrogens is 2. The lowest BCUT2D eigenvalue weighted by atomic mass is 9.82. The molecule has 4 aromatic rings. The number of pyridine rings is 1. The van der Waals surface area contributed by atoms with Crippen molar-refractivity contribution in [2.24, 2.45) is 5.92 Å². The van der Waals surface area contributed by atoms with Gasteiger partial charge in [-0.3, -0.25) is 9.59 Å². The van der Waals surface area contributed by atoms with Crippen LogP contribution in [0.3, 0.4) is 0 Å². The first-order chi connectivity index (χ1) is 15.5. The van der Waals surface area contributed by atoms with Crippen molar-refractivity contribution in [1.29, 1.82) is 0 Å². The topological polar surface area (TPSA) is 58.1 Å². The molecule has 1 saturated heterocycles. The Kier molecular flexibility index (Phi) is 4.44. The largest absolute Gasteiger partial charge is 0.355 e. The standard InChI is InChI=1S/C26H24ClN3O2/c1-15(17-5-7-20-21-11-19(27)6-8-22(21)28-23(20)10-17)26(32)29-12-16-9-18(14-29)24-3-2-4-25(31)30(24)13-16/h2-8,10-11,15-16,18,28H,9,12-14H2,1H3/t15-,16+,18+/m1/s1. The molecule has 2 aliphatic heterocycles. The van der Waals surface area contributed by atoms with E-state index < -0.39 is 0 Å². The van der Waals surface area contributed by atoms with E-state index in [2.05, 4.69) is 23.2 Å². The van der Waals surface area contributed by atoms with Gasteiger partial charge in [-0.15, -0.1) is 0 Å². The first-order valence-corrected chi connectivity index (χ1v) is 11.5. The Morgan fingerprint density at radius 2 is 1.91 bits per heavy atom. The SMILES string of the molecule is C[C@@H](C(=O)N1C[C@@H]2C[C@@H](C1)c1cccc(=O)n1C2)c1ccc2c(c1)[nH]c1ccc(Cl)cc12. The second-order valence-electron chi connectivity index (χ2n) is 9.28. The van der Waals surface area contributed by atoms with Crippen LogP contribution in [0.2, 0.25) is 5.02 Å². The molecule has 2 aliphatic rings. The van der Waals surface area contributed by atoms with Gasteiger partial charge in [0.15, 0.2) is 0 Å². The molecule has 6 heteroatoms. The molecule has 0 radical (unpaired) electrons. The van der Waals surface area contributed by atoms with Crippen LogP contribution in [0.5, 0.6) is 0 Å². The van der Waals surface area contributed by atoms with Crippen molar-refractivity contribution in [2.75, 3.05) is 13.1 Å². The number of halogens is 1. The minimum absolute atomic E-state index is 0.0678. The Labute approximate surface area is 190 Å². The maximum atomic E-state index is 13.5. The van der Waals surface area contributed by atoms with Gasteiger partial charge >= 0.3 is 0 Å². The van der Waals surface area contributed by atoms with E-state index in [-0.39, 0.29) is 23.3 Å². The number of fused-ring (bicyclic) bond motifs is 7. The van der Waals surface area contributed by atoms with E-state index in [1.165, 1.54) is 0 Å². The number of H-pyrrole nitrogens is 1. The smallest absolute Gasteiger partial charge is 0.250 e. The highest BCUT2D eigenvalue weighted by Crippen LogP contribution is 2.36. The molecule has 4 heterocycles. The van der Waals surface area contributed by atoms with Crippen molar-refractivity contribution in [2.45, 2.75) is 31.7 Å². The van der Waals surface area contributed by atoms with Gasteiger partial charge < -0.3 is 14.5 Å². The van der Waals surface area contributed by atoms with Crippen LogP contribution in [0.15, 0.2) is 59.4 Å². The third kappa shape index (κ3) is 3.06. The highest BCUT2D eigenvalue weighted by Gasteiger charge is 2.37. The number of amides is 1. The number of nitrogens with one attached hydrogen (secondary N) is 1. The molecule has 2 aromatic heterocycles. The fourth-order valence-corrected chi connectivity index (χ4v) is 5.83. The number of nitrogens with zero attached hydrogens (tertiary/aromatic N) is 2. The van der Waals surface area contributed by atoms with Gasteiger partial charge in [0.1, 0.15) is 0 Å². The third-order valence-electron chi connectivity index (χ3n) is 7.25. The van der Waals surface area contributed by atoms with Gasteiger partial charge in [-0.05, 0) is 55.2 Å². The molecule has 6 rings (SSSR count). The first-order valence-electron chi connectivity index (χ1n) is 11.2. The van der Waals surface area contributed by atoms with E-state index in [4.69, 9.17) is 11.6 Å². The molecule has 5 nitrogen and oxygen atoms in total. The summed E-state index contributed by atoms with van der Waals surface area (Å²) < 4.78 is 1.90. The van der Waals surface area contributed by atoms with E-state index in [9.17, 15) is 9.59 Å². The van der Waals surface area contributed by atoms with E-state index in [1.54, 1.807) is 6.07 Å². The first kappa shape index (κ1) is 19.6. The van der Waals surface area contributed by atoms with E-state index in [0.29, 0.717) is 30.6 Å². The lowest BCUT2D eigenvalue weighted by Gasteiger charge is -2.43. The van der Waals surface area contributed by atoms with Crippen LogP contribution >= 0.6 is 11.6 Å². The normalized spacial score (nSPS) is 21.0. The zero-order chi connectivity index (χ0) is 22.0. The number of rotatable bonds is 2. The Balaban J connectivity index is 1.29. The summed E-state index contributed by atoms with van der Waals surface area (Å²) in [4.78, 5) is 31.2. The molecule has 1 amide bonds. The summed E-state index contributed by atoms with van der Waals surface area (Å²) in [6, 6.07) is 17.6. The van der Waals surface area contributed by atoms with Gasteiger partial charge in [0.25, 0.3) is 5.56 Å². The molecule has 0 spiro atoms. The average Bonchev–Trinajstić information content (AvgIpc) is 3.15. The van der Waals surface area contributed by atoms with Crippen LogP contribution in [0.1, 0.15) is 36.4 Å². The van der Waals surface area contributed by atoms with Gasteiger partial charge in [0.05, 0.1) is 5.92 Å². The second-order valence-corrected chi connectivity index (χ2v) is 9.72. The molecule has 0 saturated carbocycles. The second kappa shape index (κ2) is 7.24. The van der Waals surface area contributed by atoms with Crippen LogP contribution < -0.4 is 5.56 Å². The molecule has 2 aromatic carbocycles. The minimum Gasteiger partial charge on any atom is -0.355 e. The minimum atomic E-state index is -0.230. The summed E-state index contributed by atoms with van der Waals surface area (Å²) in [7, 11) is 0. The van der Waals surface area contributed by atoms with Crippen molar-refractivity contribution in [1.82, 2.24) is 14.5 Å². The molecule has 1 N–H and O–H groups in total. The van der Waals surface area contributed by atoms with Crippen molar-refractivity contribution in [3.8, 4) is 0 Å². The zero-order valence-electron chi connectivity index (χ0n) is 17.8. The van der Waals surface area contributed by atoms with Crippen LogP contribution in [0, 0.1) is 5.92 Å². The third-order valence-corrected chi connectivity index (χ3v) is 7.48. The summed E-state index contributed by atoms with van der Waals surface area (Å²) in [6.07, 6.45) is 1.05. The highest BCUT2D eigenvalue weighted by atomic mass is 35.5. The molecule has 3 atom stereocenters. The van der Waals surface area contributed by atoms with Crippen LogP contribution in [-0.4, -0.2) is 33.4 Å². The maximum Gasteiger partial charge on any atom is 0.250 e. The summed E-state index contributed by atoms with van der Waals surface area (Å²) in [5, 5.41) is 2.92. The van der Waals surface area contributed by atoms with Gasteiger partial charge in [0, 0.05) is 64.1 Å². The zero-order valence-corrected chi connectivity index (χ0v) is 18.6. The summed E-state index contributed by atoms with van der Waals surface area (Å²) in [5.74, 6) is 0.489. The van der Waals surface area contributed by atoms with Crippen molar-refractivity contribution in [3.63, 3.8) is 0 Å². The molecule has 2 bridgehead atoms. The molecular weight excluding hydrogens is 422 g/mol. The molecule has 162 valence electrons. The van der Waals surface area contributed by atoms with E-state index in [0.717, 1.165) is 39.5 Å². The molecule has 32 heavy (non-hydrogen) atoms. The molecule has 1 fully saturated rings. The fraction of sp³-hybridized carbons (Fsp3) is 0.308. The number of aromatic amines is 1. The quantitative estimate of drug-likeness (QED) is 0.477. The van der Waals surface area contributed by atoms with Crippen molar-refractivity contribution < 1.29 is 4.79 Å². The van der Waals surface area contributed by atoms with Crippen molar-refractivity contribution >= 4 is 39.3 Å². The highest BCUT2D eigenvalue weighted by molar-refractivity contribution is 6.31. The fourth-order valence-electron chi connectivity index (χ4n) is 5.66. The Hall–Kier alpha value is -3.05. The number of carbonyl (C=O) groups is 1. The van der Waals surface area contributed by atoms with Crippen LogP contribution in [-0.2, 0) is 11.3 Å². The number of hydrogen-bond donors (Lipinski definition) is 1. The number of hydrogen-bond acceptors (Lipinski definition) is 2. The summed E-state index contributed by atoms with van der Waals surface area (Å²) >= 11 is 6.18. The van der Waals surface area contributed by atoms with E-state index >= 15 is 0 Å². The van der Waals surface area contributed by atoms with Crippen molar-refractivity contribution in [3.05, 3.63) is 81.2 Å². The Morgan fingerprint density at radius 3 is 2.78 bits per heavy atom. The van der Waals surface area contributed by atoms with E-state index in [1.807, 2.05) is 46.7 Å². The Bertz CT molecular complexity index is 1440. The van der Waals surface area contributed by atoms with Gasteiger partial charge in [-0.2, -0.15) is 0 Å². The average molecular weight is 446 g/mol. The van der Waals surface area contributed by atoms with Crippen LogP contribution in [0.25, 0.3) is 21.8 Å². The monoisotopic (exact) mass is 445 g/mol. The maximum absolute atomic E-state index is 13.5. The van der Waals surface area contributed by atoms with Crippen LogP contribution in [0.4, 0.5) is 0 Å². The van der Waals surface area contributed by atoms with Gasteiger partial charge in [0.2, 0.25) is 5.91 Å².